The molecule has 1 aromatic rings. The molecular formula is C17H24N4O2. The highest BCUT2D eigenvalue weighted by Crippen LogP contribution is 2.22. The maximum Gasteiger partial charge on any atom is 0.321 e. The summed E-state index contributed by atoms with van der Waals surface area (Å²) >= 11 is 0. The number of likely N-dealkylation sites (tertiary alicyclic amines) is 1. The minimum Gasteiger partial charge on any atom is -0.338 e. The van der Waals surface area contributed by atoms with Crippen molar-refractivity contribution < 1.29 is 9.59 Å². The molecular weight excluding hydrogens is 292 g/mol. The Morgan fingerprint density at radius 1 is 1.30 bits per heavy atom. The van der Waals surface area contributed by atoms with Gasteiger partial charge in [-0.3, -0.25) is 9.69 Å². The van der Waals surface area contributed by atoms with Crippen LogP contribution in [0.25, 0.3) is 0 Å². The van der Waals surface area contributed by atoms with Gasteiger partial charge in [-0.1, -0.05) is 0 Å². The van der Waals surface area contributed by atoms with Gasteiger partial charge in [0.25, 0.3) is 5.91 Å². The number of amides is 3. The van der Waals surface area contributed by atoms with Gasteiger partial charge in [0.15, 0.2) is 0 Å². The predicted molar refractivity (Wildman–Crippen MR) is 89.5 cm³/mol. The number of benzene rings is 1. The van der Waals surface area contributed by atoms with Crippen LogP contribution in [-0.4, -0.2) is 49.1 Å². The predicted octanol–water partition coefficient (Wildman–Crippen LogP) is 1.42. The number of hydrogen-bond acceptors (Lipinski definition) is 3. The average Bonchev–Trinajstić information content (AvgIpc) is 3.00. The van der Waals surface area contributed by atoms with E-state index in [1.165, 1.54) is 0 Å². The second-order valence-electron chi connectivity index (χ2n) is 6.44. The molecule has 3 rings (SSSR count). The van der Waals surface area contributed by atoms with Gasteiger partial charge in [0, 0.05) is 43.5 Å². The van der Waals surface area contributed by atoms with Gasteiger partial charge in [-0.2, -0.15) is 0 Å². The van der Waals surface area contributed by atoms with E-state index in [-0.39, 0.29) is 18.0 Å². The molecule has 23 heavy (non-hydrogen) atoms. The minimum atomic E-state index is -0.0834. The van der Waals surface area contributed by atoms with Gasteiger partial charge in [0.1, 0.15) is 0 Å². The number of rotatable bonds is 3. The molecule has 6 heteroatoms. The summed E-state index contributed by atoms with van der Waals surface area (Å²) in [4.78, 5) is 27.9. The molecule has 6 nitrogen and oxygen atoms in total. The number of nitrogens with one attached hydrogen (secondary N) is 1. The molecule has 124 valence electrons. The molecule has 2 fully saturated rings. The third-order valence-electron chi connectivity index (χ3n) is 4.77. The summed E-state index contributed by atoms with van der Waals surface area (Å²) in [6.07, 6.45) is 2.09. The van der Waals surface area contributed by atoms with Crippen LogP contribution in [0.4, 0.5) is 10.5 Å². The van der Waals surface area contributed by atoms with Crippen LogP contribution < -0.4 is 16.0 Å². The normalized spacial score (nSPS) is 22.9. The first-order valence-electron chi connectivity index (χ1n) is 8.26. The van der Waals surface area contributed by atoms with Gasteiger partial charge in [-0.05, 0) is 49.9 Å². The number of anilines is 1. The smallest absolute Gasteiger partial charge is 0.321 e. The van der Waals surface area contributed by atoms with E-state index in [1.807, 2.05) is 24.0 Å². The largest absolute Gasteiger partial charge is 0.338 e. The summed E-state index contributed by atoms with van der Waals surface area (Å²) in [5, 5.41) is 2.77. The lowest BCUT2D eigenvalue weighted by Crippen LogP contribution is -2.45. The number of carbonyl (C=O) groups excluding carboxylic acids is 2. The minimum absolute atomic E-state index is 0.0489. The average molecular weight is 316 g/mol. The molecule has 2 aliphatic rings. The highest BCUT2D eigenvalue weighted by molar-refractivity contribution is 5.97. The quantitative estimate of drug-likeness (QED) is 0.885. The van der Waals surface area contributed by atoms with Crippen LogP contribution >= 0.6 is 0 Å². The zero-order chi connectivity index (χ0) is 16.4. The van der Waals surface area contributed by atoms with Crippen molar-refractivity contribution in [1.82, 2.24) is 10.2 Å². The number of carbonyl (C=O) groups is 2. The molecule has 3 N–H and O–H groups in total. The number of piperidine rings is 1. The van der Waals surface area contributed by atoms with Gasteiger partial charge in [0.2, 0.25) is 0 Å². The van der Waals surface area contributed by atoms with Crippen LogP contribution in [0, 0.1) is 5.92 Å². The van der Waals surface area contributed by atoms with Gasteiger partial charge in [-0.15, -0.1) is 0 Å². The molecule has 0 aromatic heterocycles. The van der Waals surface area contributed by atoms with Crippen LogP contribution in [0.3, 0.4) is 0 Å². The summed E-state index contributed by atoms with van der Waals surface area (Å²) in [6, 6.07) is 7.31. The zero-order valence-electron chi connectivity index (χ0n) is 13.5. The molecule has 2 atom stereocenters. The van der Waals surface area contributed by atoms with Crippen LogP contribution in [0.2, 0.25) is 0 Å². The Labute approximate surface area is 136 Å². The fourth-order valence-corrected chi connectivity index (χ4v) is 3.31. The molecule has 0 aliphatic carbocycles. The van der Waals surface area contributed by atoms with Crippen molar-refractivity contribution in [2.45, 2.75) is 25.8 Å². The van der Waals surface area contributed by atoms with E-state index in [1.54, 1.807) is 17.0 Å². The van der Waals surface area contributed by atoms with Crippen molar-refractivity contribution >= 4 is 17.6 Å². The molecule has 2 heterocycles. The van der Waals surface area contributed by atoms with Gasteiger partial charge in [0.05, 0.1) is 0 Å². The van der Waals surface area contributed by atoms with Crippen molar-refractivity contribution in [3.05, 3.63) is 29.8 Å². The lowest BCUT2D eigenvalue weighted by molar-refractivity contribution is 0.0661. The van der Waals surface area contributed by atoms with Gasteiger partial charge >= 0.3 is 6.03 Å². The number of hydrogen-bond donors (Lipinski definition) is 2. The van der Waals surface area contributed by atoms with E-state index in [4.69, 9.17) is 5.73 Å². The third kappa shape index (κ3) is 3.32. The number of nitrogens with zero attached hydrogens (tertiary/aromatic N) is 2. The summed E-state index contributed by atoms with van der Waals surface area (Å²) < 4.78 is 0. The Hall–Kier alpha value is -2.08. The van der Waals surface area contributed by atoms with Crippen molar-refractivity contribution in [2.75, 3.05) is 31.1 Å². The zero-order valence-corrected chi connectivity index (χ0v) is 13.5. The highest BCUT2D eigenvalue weighted by atomic mass is 16.2. The Morgan fingerprint density at radius 2 is 2.04 bits per heavy atom. The first-order valence-corrected chi connectivity index (χ1v) is 8.26. The fourth-order valence-electron chi connectivity index (χ4n) is 3.31. The summed E-state index contributed by atoms with van der Waals surface area (Å²) in [5.74, 6) is 0.424. The highest BCUT2D eigenvalue weighted by Gasteiger charge is 2.27. The first kappa shape index (κ1) is 15.8. The Morgan fingerprint density at radius 3 is 2.65 bits per heavy atom. The van der Waals surface area contributed by atoms with Gasteiger partial charge < -0.3 is 16.0 Å². The first-order chi connectivity index (χ1) is 11.1. The summed E-state index contributed by atoms with van der Waals surface area (Å²) in [7, 11) is 0. The summed E-state index contributed by atoms with van der Waals surface area (Å²) in [6.45, 7) is 4.85. The second-order valence-corrected chi connectivity index (χ2v) is 6.44. The second kappa shape index (κ2) is 6.58. The van der Waals surface area contributed by atoms with Crippen LogP contribution in [0.15, 0.2) is 24.3 Å². The topological polar surface area (TPSA) is 78.7 Å². The monoisotopic (exact) mass is 316 g/mol. The molecule has 1 aromatic carbocycles. The van der Waals surface area contributed by atoms with Gasteiger partial charge in [-0.25, -0.2) is 4.79 Å². The van der Waals surface area contributed by atoms with E-state index in [0.29, 0.717) is 24.6 Å². The number of urea groups is 1. The Kier molecular flexibility index (Phi) is 4.52. The molecule has 2 aliphatic heterocycles. The maximum atomic E-state index is 12.7. The van der Waals surface area contributed by atoms with Crippen LogP contribution in [0.5, 0.6) is 0 Å². The molecule has 2 saturated heterocycles. The van der Waals surface area contributed by atoms with Crippen LogP contribution in [0.1, 0.15) is 30.1 Å². The van der Waals surface area contributed by atoms with Crippen molar-refractivity contribution in [3.63, 3.8) is 0 Å². The number of nitrogens with two attached hydrogens (primary N) is 1. The van der Waals surface area contributed by atoms with E-state index in [2.05, 4.69) is 5.32 Å². The summed E-state index contributed by atoms with van der Waals surface area (Å²) in [5.41, 5.74) is 7.48. The molecule has 0 spiro atoms. The van der Waals surface area contributed by atoms with Crippen molar-refractivity contribution in [1.29, 1.82) is 0 Å². The Balaban J connectivity index is 1.69. The van der Waals surface area contributed by atoms with Crippen LogP contribution in [-0.2, 0) is 0 Å². The Bertz CT molecular complexity index is 585. The molecule has 0 bridgehead atoms. The van der Waals surface area contributed by atoms with E-state index in [0.717, 1.165) is 31.6 Å². The SMILES string of the molecule is C[C@@H](N)[C@H]1CCCN(C(=O)c2ccc(N3CCNC3=O)cc2)C1. The lowest BCUT2D eigenvalue weighted by atomic mass is 9.92. The maximum absolute atomic E-state index is 12.7. The fraction of sp³-hybridized carbons (Fsp3) is 0.529. The van der Waals surface area contributed by atoms with E-state index >= 15 is 0 Å². The van der Waals surface area contributed by atoms with E-state index < -0.39 is 0 Å². The molecule has 0 saturated carbocycles. The standard InChI is InChI=1S/C17H24N4O2/c1-12(18)14-3-2-9-20(11-14)16(22)13-4-6-15(7-5-13)21-10-8-19-17(21)23/h4-7,12,14H,2-3,8-11,18H2,1H3,(H,19,23)/t12-,14+/m1/s1. The van der Waals surface area contributed by atoms with Crippen molar-refractivity contribution in [2.24, 2.45) is 11.7 Å². The molecule has 0 unspecified atom stereocenters. The lowest BCUT2D eigenvalue weighted by Gasteiger charge is -2.34. The van der Waals surface area contributed by atoms with E-state index in [9.17, 15) is 9.59 Å². The van der Waals surface area contributed by atoms with Crippen molar-refractivity contribution in [3.8, 4) is 0 Å². The third-order valence-corrected chi connectivity index (χ3v) is 4.77. The molecule has 3 amide bonds. The molecule has 0 radical (unpaired) electrons.